The van der Waals surface area contributed by atoms with Gasteiger partial charge in [0.2, 0.25) is 0 Å². The Morgan fingerprint density at radius 3 is 2.65 bits per heavy atom. The van der Waals surface area contributed by atoms with Gasteiger partial charge in [-0.2, -0.15) is 0 Å². The van der Waals surface area contributed by atoms with Crippen molar-refractivity contribution in [1.82, 2.24) is 0 Å². The van der Waals surface area contributed by atoms with Gasteiger partial charge in [0.25, 0.3) is 0 Å². The van der Waals surface area contributed by atoms with Gasteiger partial charge in [0, 0.05) is 10.9 Å². The number of hydrogen-bond donors (Lipinski definition) is 0. The molecule has 0 radical (unpaired) electrons. The lowest BCUT2D eigenvalue weighted by atomic mass is 9.89. The molecule has 0 bridgehead atoms. The zero-order valence-corrected chi connectivity index (χ0v) is 10.7. The van der Waals surface area contributed by atoms with E-state index >= 15 is 0 Å². The Hall–Kier alpha value is -0.630. The number of hydrogen-bond acceptors (Lipinski definition) is 0. The molecule has 17 heavy (non-hydrogen) atoms. The normalized spacial score (nSPS) is 25.6. The number of halogens is 3. The lowest BCUT2D eigenvalue weighted by Gasteiger charge is -2.18. The van der Waals surface area contributed by atoms with E-state index in [1.807, 2.05) is 0 Å². The van der Waals surface area contributed by atoms with Crippen molar-refractivity contribution in [2.75, 3.05) is 0 Å². The largest absolute Gasteiger partial charge is 0.207 e. The molecule has 1 aliphatic carbocycles. The molecule has 0 saturated heterocycles. The van der Waals surface area contributed by atoms with Crippen LogP contribution >= 0.6 is 11.6 Å². The minimum atomic E-state index is -0.427. The minimum Gasteiger partial charge on any atom is -0.207 e. The summed E-state index contributed by atoms with van der Waals surface area (Å²) in [6.45, 7) is 1.67. The van der Waals surface area contributed by atoms with Gasteiger partial charge >= 0.3 is 0 Å². The van der Waals surface area contributed by atoms with Crippen LogP contribution in [0.4, 0.5) is 8.78 Å². The summed E-state index contributed by atoms with van der Waals surface area (Å²) >= 11 is 6.17. The summed E-state index contributed by atoms with van der Waals surface area (Å²) in [6.07, 6.45) is 4.52. The van der Waals surface area contributed by atoms with Gasteiger partial charge in [0.15, 0.2) is 0 Å². The predicted molar refractivity (Wildman–Crippen MR) is 66.6 cm³/mol. The molecule has 0 heterocycles. The lowest BCUT2D eigenvalue weighted by molar-refractivity contribution is 0.491. The molecule has 0 spiro atoms. The van der Waals surface area contributed by atoms with Crippen LogP contribution in [-0.4, -0.2) is 5.38 Å². The van der Waals surface area contributed by atoms with Crippen molar-refractivity contribution in [3.05, 3.63) is 34.9 Å². The molecule has 0 amide bonds. The van der Waals surface area contributed by atoms with Gasteiger partial charge < -0.3 is 0 Å². The summed E-state index contributed by atoms with van der Waals surface area (Å²) in [6, 6.07) is 2.85. The number of aryl methyl sites for hydroxylation is 1. The molecule has 2 unspecified atom stereocenters. The summed E-state index contributed by atoms with van der Waals surface area (Å²) in [5, 5.41) is 0.0433. The van der Waals surface area contributed by atoms with Crippen LogP contribution in [0.2, 0.25) is 0 Å². The Bertz CT molecular complexity index is 403. The van der Waals surface area contributed by atoms with E-state index in [1.165, 1.54) is 12.1 Å². The molecule has 0 nitrogen and oxygen atoms in total. The predicted octanol–water partition coefficient (Wildman–Crippen LogP) is 4.93. The Kier molecular flexibility index (Phi) is 4.03. The molecule has 0 aliphatic heterocycles. The smallest absolute Gasteiger partial charge is 0.132 e. The van der Waals surface area contributed by atoms with Crippen LogP contribution in [0, 0.1) is 18.6 Å². The van der Waals surface area contributed by atoms with Crippen molar-refractivity contribution in [3.63, 3.8) is 0 Å². The topological polar surface area (TPSA) is 0 Å². The van der Waals surface area contributed by atoms with Crippen molar-refractivity contribution < 1.29 is 8.78 Å². The Morgan fingerprint density at radius 2 is 1.88 bits per heavy atom. The molecule has 1 aromatic carbocycles. The second-order valence-electron chi connectivity index (χ2n) is 4.91. The average molecular weight is 259 g/mol. The third kappa shape index (κ3) is 2.79. The van der Waals surface area contributed by atoms with E-state index in [4.69, 9.17) is 11.6 Å². The first kappa shape index (κ1) is 12.8. The van der Waals surface area contributed by atoms with E-state index in [2.05, 4.69) is 0 Å². The first-order valence-electron chi connectivity index (χ1n) is 6.18. The molecule has 2 atom stereocenters. The van der Waals surface area contributed by atoms with E-state index in [-0.39, 0.29) is 22.7 Å². The van der Waals surface area contributed by atoms with Gasteiger partial charge in [-0.15, -0.1) is 11.6 Å². The molecular formula is C14H17ClF2. The molecule has 1 saturated carbocycles. The molecule has 0 N–H and O–H groups in total. The second kappa shape index (κ2) is 5.34. The van der Waals surface area contributed by atoms with Crippen LogP contribution in [0.3, 0.4) is 0 Å². The van der Waals surface area contributed by atoms with Crippen molar-refractivity contribution in [2.45, 2.75) is 50.3 Å². The third-order valence-corrected chi connectivity index (χ3v) is 3.98. The first-order valence-corrected chi connectivity index (χ1v) is 6.61. The van der Waals surface area contributed by atoms with Crippen molar-refractivity contribution in [3.8, 4) is 0 Å². The third-order valence-electron chi connectivity index (χ3n) is 3.59. The highest BCUT2D eigenvalue weighted by Gasteiger charge is 2.25. The summed E-state index contributed by atoms with van der Waals surface area (Å²) in [4.78, 5) is 0. The van der Waals surface area contributed by atoms with Crippen LogP contribution < -0.4 is 0 Å². The Balaban J connectivity index is 2.34. The maximum Gasteiger partial charge on any atom is 0.132 e. The standard InChI is InChI=1S/C14H17ClF2/c1-9-6-7-12(16)13(14(9)17)10-4-2-3-5-11(15)8-10/h6-7,10-11H,2-5,8H2,1H3. The van der Waals surface area contributed by atoms with Gasteiger partial charge in [0.1, 0.15) is 11.6 Å². The zero-order chi connectivity index (χ0) is 12.4. The van der Waals surface area contributed by atoms with E-state index in [1.54, 1.807) is 6.92 Å². The van der Waals surface area contributed by atoms with E-state index < -0.39 is 5.82 Å². The van der Waals surface area contributed by atoms with Gasteiger partial charge in [-0.25, -0.2) is 8.78 Å². The minimum absolute atomic E-state index is 0.0433. The van der Waals surface area contributed by atoms with Crippen LogP contribution in [0.1, 0.15) is 49.1 Å². The number of rotatable bonds is 1. The molecule has 3 heteroatoms. The number of alkyl halides is 1. The Labute approximate surface area is 106 Å². The molecular weight excluding hydrogens is 242 g/mol. The maximum atomic E-state index is 14.0. The Morgan fingerprint density at radius 1 is 1.18 bits per heavy atom. The van der Waals surface area contributed by atoms with Gasteiger partial charge in [0.05, 0.1) is 0 Å². The quantitative estimate of drug-likeness (QED) is 0.495. The van der Waals surface area contributed by atoms with Crippen LogP contribution in [-0.2, 0) is 0 Å². The first-order chi connectivity index (χ1) is 8.09. The van der Waals surface area contributed by atoms with Gasteiger partial charge in [-0.05, 0) is 43.7 Å². The van der Waals surface area contributed by atoms with Crippen LogP contribution in [0.15, 0.2) is 12.1 Å². The van der Waals surface area contributed by atoms with Crippen molar-refractivity contribution in [2.24, 2.45) is 0 Å². The van der Waals surface area contributed by atoms with E-state index in [0.29, 0.717) is 12.0 Å². The molecule has 1 aliphatic rings. The SMILES string of the molecule is Cc1ccc(F)c(C2CCCCC(Cl)C2)c1F. The highest BCUT2D eigenvalue weighted by molar-refractivity contribution is 6.20. The molecule has 2 rings (SSSR count). The summed E-state index contributed by atoms with van der Waals surface area (Å²) in [5.74, 6) is -0.885. The fraction of sp³-hybridized carbons (Fsp3) is 0.571. The highest BCUT2D eigenvalue weighted by atomic mass is 35.5. The zero-order valence-electron chi connectivity index (χ0n) is 9.98. The number of benzene rings is 1. The van der Waals surface area contributed by atoms with Crippen molar-refractivity contribution >= 4 is 11.6 Å². The summed E-state index contributed by atoms with van der Waals surface area (Å²) in [7, 11) is 0. The average Bonchev–Trinajstić information content (AvgIpc) is 2.49. The molecule has 94 valence electrons. The fourth-order valence-electron chi connectivity index (χ4n) is 2.62. The summed E-state index contributed by atoms with van der Waals surface area (Å²) in [5.41, 5.74) is 0.759. The van der Waals surface area contributed by atoms with Crippen LogP contribution in [0.5, 0.6) is 0 Å². The second-order valence-corrected chi connectivity index (χ2v) is 5.52. The van der Waals surface area contributed by atoms with Crippen LogP contribution in [0.25, 0.3) is 0 Å². The lowest BCUT2D eigenvalue weighted by Crippen LogP contribution is -2.09. The summed E-state index contributed by atoms with van der Waals surface area (Å²) < 4.78 is 27.8. The highest BCUT2D eigenvalue weighted by Crippen LogP contribution is 2.37. The molecule has 1 aromatic rings. The maximum absolute atomic E-state index is 14.0. The van der Waals surface area contributed by atoms with Gasteiger partial charge in [-0.3, -0.25) is 0 Å². The molecule has 1 fully saturated rings. The molecule has 0 aromatic heterocycles. The monoisotopic (exact) mass is 258 g/mol. The van der Waals surface area contributed by atoms with Crippen molar-refractivity contribution in [1.29, 1.82) is 0 Å². The van der Waals surface area contributed by atoms with E-state index in [0.717, 1.165) is 25.7 Å². The fourth-order valence-corrected chi connectivity index (χ4v) is 2.99. The van der Waals surface area contributed by atoms with Gasteiger partial charge in [-0.1, -0.05) is 18.9 Å². The van der Waals surface area contributed by atoms with E-state index in [9.17, 15) is 8.78 Å².